The first-order valence-electron chi connectivity index (χ1n) is 16.2. The van der Waals surface area contributed by atoms with Crippen molar-refractivity contribution in [2.24, 2.45) is 0 Å². The number of rotatable bonds is 13. The second-order valence-corrected chi connectivity index (χ2v) is 12.7. The molecule has 13 heteroatoms. The van der Waals surface area contributed by atoms with Crippen LogP contribution >= 0.6 is 0 Å². The third-order valence-corrected chi connectivity index (χ3v) is 7.57. The van der Waals surface area contributed by atoms with Crippen LogP contribution in [0.3, 0.4) is 0 Å². The number of halogens is 3. The van der Waals surface area contributed by atoms with Crippen LogP contribution < -0.4 is 14.2 Å². The van der Waals surface area contributed by atoms with E-state index >= 15 is 0 Å². The molecule has 4 rings (SSSR count). The molecule has 52 heavy (non-hydrogen) atoms. The summed E-state index contributed by atoms with van der Waals surface area (Å²) in [5, 5.41) is 18.0. The van der Waals surface area contributed by atoms with Crippen molar-refractivity contribution >= 4 is 11.9 Å². The van der Waals surface area contributed by atoms with Crippen LogP contribution in [-0.4, -0.2) is 52.1 Å². The highest BCUT2D eigenvalue weighted by Crippen LogP contribution is 2.32. The average Bonchev–Trinajstić information content (AvgIpc) is 3.06. The highest BCUT2D eigenvalue weighted by atomic mass is 19.4. The van der Waals surface area contributed by atoms with Gasteiger partial charge >= 0.3 is 18.1 Å². The van der Waals surface area contributed by atoms with Crippen LogP contribution in [0.25, 0.3) is 11.3 Å². The monoisotopic (exact) mass is 727 g/mol. The first-order chi connectivity index (χ1) is 24.3. The van der Waals surface area contributed by atoms with E-state index in [4.69, 9.17) is 28.8 Å². The lowest BCUT2D eigenvalue weighted by molar-refractivity contribution is -0.158. The van der Waals surface area contributed by atoms with Crippen LogP contribution in [0.2, 0.25) is 0 Å². The summed E-state index contributed by atoms with van der Waals surface area (Å²) in [6.07, 6.45) is -4.39. The number of esters is 1. The second kappa shape index (κ2) is 17.3. The molecule has 4 aromatic rings. The summed E-state index contributed by atoms with van der Waals surface area (Å²) in [6.45, 7) is 12.2. The van der Waals surface area contributed by atoms with Crippen LogP contribution in [0.1, 0.15) is 62.6 Å². The fourth-order valence-corrected chi connectivity index (χ4v) is 4.59. The fraction of sp³-hybridized carbons (Fsp3) is 0.359. The van der Waals surface area contributed by atoms with Gasteiger partial charge < -0.3 is 33.9 Å². The minimum absolute atomic E-state index is 0.132. The van der Waals surface area contributed by atoms with Gasteiger partial charge in [-0.3, -0.25) is 0 Å². The van der Waals surface area contributed by atoms with E-state index in [2.05, 4.69) is 4.98 Å². The molecule has 0 aliphatic rings. The number of phenolic OH excluding ortho intramolecular Hbond substituents is 1. The van der Waals surface area contributed by atoms with Gasteiger partial charge in [0.15, 0.2) is 11.2 Å². The van der Waals surface area contributed by atoms with Crippen molar-refractivity contribution in [2.45, 2.75) is 79.1 Å². The van der Waals surface area contributed by atoms with Gasteiger partial charge in [-0.15, -0.1) is 0 Å². The molecule has 3 aromatic carbocycles. The van der Waals surface area contributed by atoms with Gasteiger partial charge in [0.1, 0.15) is 29.6 Å². The average molecular weight is 728 g/mol. The molecule has 0 saturated heterocycles. The number of carboxylic acid groups (broad SMARTS) is 1. The molecular formula is C39H44F3NO9. The molecule has 0 amide bonds. The third-order valence-electron chi connectivity index (χ3n) is 7.57. The number of aromatic nitrogens is 1. The molecule has 1 heterocycles. The number of aliphatic carboxylic acids is 1. The summed E-state index contributed by atoms with van der Waals surface area (Å²) in [5.74, 6) is 0.234. The first-order valence-corrected chi connectivity index (χ1v) is 16.2. The number of nitrogens with zero attached hydrogens (tertiary/aromatic N) is 1. The molecule has 0 unspecified atom stereocenters. The van der Waals surface area contributed by atoms with Crippen molar-refractivity contribution in [3.05, 3.63) is 101 Å². The largest absolute Gasteiger partial charge is 0.508 e. The van der Waals surface area contributed by atoms with E-state index in [1.54, 1.807) is 58.0 Å². The number of aromatic hydroxyl groups is 1. The number of methoxy groups -OCH3 is 1. The van der Waals surface area contributed by atoms with E-state index in [9.17, 15) is 27.9 Å². The molecular weight excluding hydrogens is 683 g/mol. The fourth-order valence-electron chi connectivity index (χ4n) is 4.59. The summed E-state index contributed by atoms with van der Waals surface area (Å²) in [6, 6.07) is 18.2. The van der Waals surface area contributed by atoms with Crippen LogP contribution in [0.4, 0.5) is 13.2 Å². The SMILES string of the molecule is CCOC(=O)C(C)(C)Oc1ccc(OCc2ccc(-c3ccc(C(F)(F)F)cc3)nc2COC)cc1C.Cc1cc(O)ccc1OC(C)(C)C(=O)O. The van der Waals surface area contributed by atoms with E-state index in [0.29, 0.717) is 39.8 Å². The molecule has 1 aromatic heterocycles. The van der Waals surface area contributed by atoms with Crippen molar-refractivity contribution in [3.63, 3.8) is 0 Å². The highest BCUT2D eigenvalue weighted by Gasteiger charge is 2.33. The minimum atomic E-state index is -4.39. The number of phenols is 1. The lowest BCUT2D eigenvalue weighted by Crippen LogP contribution is -2.39. The summed E-state index contributed by atoms with van der Waals surface area (Å²) < 4.78 is 66.1. The van der Waals surface area contributed by atoms with Crippen molar-refractivity contribution in [1.29, 1.82) is 0 Å². The van der Waals surface area contributed by atoms with Crippen LogP contribution in [0.15, 0.2) is 72.8 Å². The first kappa shape index (κ1) is 41.1. The number of carbonyl (C=O) groups is 2. The standard InChI is InChI=1S/C28H30F3NO5.C11H14O4/c1-6-35-26(33)27(3,4)37-25-14-12-22(15-18(25)2)36-16-20-9-13-23(32-24(20)17-34-5)19-7-10-21(11-8-19)28(29,30)31;1-7-6-8(12)4-5-9(7)15-11(2,3)10(13)14/h7-15H,6,16-17H2,1-5H3;4-6,12H,1-3H3,(H,13,14). The number of hydrogen-bond donors (Lipinski definition) is 2. The number of pyridine rings is 1. The van der Waals surface area contributed by atoms with Gasteiger partial charge in [0, 0.05) is 18.2 Å². The molecule has 2 N–H and O–H groups in total. The van der Waals surface area contributed by atoms with Crippen molar-refractivity contribution < 1.29 is 56.7 Å². The number of ether oxygens (including phenoxy) is 5. The molecule has 0 atom stereocenters. The van der Waals surface area contributed by atoms with E-state index < -0.39 is 34.9 Å². The molecule has 0 spiro atoms. The number of alkyl halides is 3. The maximum absolute atomic E-state index is 12.9. The summed E-state index contributed by atoms with van der Waals surface area (Å²) in [4.78, 5) is 27.5. The molecule has 10 nitrogen and oxygen atoms in total. The van der Waals surface area contributed by atoms with Crippen LogP contribution in [-0.2, 0) is 38.5 Å². The van der Waals surface area contributed by atoms with E-state index in [1.165, 1.54) is 45.2 Å². The van der Waals surface area contributed by atoms with Gasteiger partial charge in [-0.05, 0) is 114 Å². The van der Waals surface area contributed by atoms with Crippen molar-refractivity contribution in [1.82, 2.24) is 4.98 Å². The van der Waals surface area contributed by atoms with Crippen molar-refractivity contribution in [3.8, 4) is 34.3 Å². The van der Waals surface area contributed by atoms with Crippen LogP contribution in [0.5, 0.6) is 23.0 Å². The third kappa shape index (κ3) is 11.4. The zero-order chi connectivity index (χ0) is 38.9. The number of carbonyl (C=O) groups excluding carboxylic acids is 1. The summed E-state index contributed by atoms with van der Waals surface area (Å²) >= 11 is 0. The lowest BCUT2D eigenvalue weighted by atomic mass is 10.1. The quantitative estimate of drug-likeness (QED) is 0.129. The van der Waals surface area contributed by atoms with Crippen LogP contribution in [0, 0.1) is 13.8 Å². The second-order valence-electron chi connectivity index (χ2n) is 12.7. The van der Waals surface area contributed by atoms with Gasteiger partial charge in [0.25, 0.3) is 0 Å². The Kier molecular flexibility index (Phi) is 13.7. The number of aryl methyl sites for hydroxylation is 2. The Hall–Kier alpha value is -5.30. The maximum Gasteiger partial charge on any atom is 0.416 e. The Balaban J connectivity index is 0.000000406. The summed E-state index contributed by atoms with van der Waals surface area (Å²) in [7, 11) is 1.54. The van der Waals surface area contributed by atoms with E-state index in [-0.39, 0.29) is 25.6 Å². The molecule has 0 aliphatic carbocycles. The van der Waals surface area contributed by atoms with Gasteiger partial charge in [-0.25, -0.2) is 14.6 Å². The van der Waals surface area contributed by atoms with Gasteiger partial charge in [0.05, 0.1) is 30.2 Å². The van der Waals surface area contributed by atoms with E-state index in [1.807, 2.05) is 13.0 Å². The van der Waals surface area contributed by atoms with Gasteiger partial charge in [-0.2, -0.15) is 13.2 Å². The Morgan fingerprint density at radius 1 is 0.788 bits per heavy atom. The van der Waals surface area contributed by atoms with Gasteiger partial charge in [0.2, 0.25) is 0 Å². The summed E-state index contributed by atoms with van der Waals surface area (Å²) in [5.41, 5.74) is 0.842. The molecule has 0 aliphatic heterocycles. The topological polar surface area (TPSA) is 134 Å². The minimum Gasteiger partial charge on any atom is -0.508 e. The predicted octanol–water partition coefficient (Wildman–Crippen LogP) is 8.46. The number of hydrogen-bond acceptors (Lipinski definition) is 9. The number of carboxylic acids is 1. The molecule has 0 fully saturated rings. The zero-order valence-electron chi connectivity index (χ0n) is 30.4. The maximum atomic E-state index is 12.9. The molecule has 280 valence electrons. The van der Waals surface area contributed by atoms with Gasteiger partial charge in [-0.1, -0.05) is 18.2 Å². The van der Waals surface area contributed by atoms with E-state index in [0.717, 1.165) is 23.3 Å². The predicted molar refractivity (Wildman–Crippen MR) is 187 cm³/mol. The molecule has 0 bridgehead atoms. The lowest BCUT2D eigenvalue weighted by Gasteiger charge is -2.25. The Morgan fingerprint density at radius 3 is 1.92 bits per heavy atom. The zero-order valence-corrected chi connectivity index (χ0v) is 30.4. The Bertz CT molecular complexity index is 1840. The number of benzene rings is 3. The van der Waals surface area contributed by atoms with Crippen molar-refractivity contribution in [2.75, 3.05) is 13.7 Å². The Morgan fingerprint density at radius 2 is 1.38 bits per heavy atom. The molecule has 0 saturated carbocycles. The Labute approximate surface area is 301 Å². The smallest absolute Gasteiger partial charge is 0.416 e. The highest BCUT2D eigenvalue weighted by molar-refractivity contribution is 5.79. The molecule has 0 radical (unpaired) electrons. The normalized spacial score (nSPS) is 11.6.